The zero-order valence-corrected chi connectivity index (χ0v) is 14.9. The second kappa shape index (κ2) is 10.9. The molecular formula is C19H18NO5P. The van der Waals surface area contributed by atoms with Crippen molar-refractivity contribution in [3.63, 3.8) is 0 Å². The number of amides is 1. The molecule has 2 rings (SSSR count). The van der Waals surface area contributed by atoms with Gasteiger partial charge in [-0.2, -0.15) is 0 Å². The van der Waals surface area contributed by atoms with E-state index < -0.39 is 18.1 Å². The van der Waals surface area contributed by atoms with Crippen molar-refractivity contribution in [1.82, 2.24) is 5.32 Å². The molecule has 2 aromatic carbocycles. The molecule has 0 saturated carbocycles. The summed E-state index contributed by atoms with van der Waals surface area (Å²) in [5, 5.41) is 2.42. The van der Waals surface area contributed by atoms with Crippen molar-refractivity contribution in [3.05, 3.63) is 71.8 Å². The summed E-state index contributed by atoms with van der Waals surface area (Å²) < 4.78 is 20.9. The Morgan fingerprint density at radius 1 is 0.923 bits per heavy atom. The first-order valence-electron chi connectivity index (χ1n) is 7.92. The quantitative estimate of drug-likeness (QED) is 0.593. The Balaban J connectivity index is 1.88. The van der Waals surface area contributed by atoms with Crippen LogP contribution in [0.15, 0.2) is 60.7 Å². The predicted octanol–water partition coefficient (Wildman–Crippen LogP) is 3.67. The fourth-order valence-electron chi connectivity index (χ4n) is 2.06. The third-order valence-corrected chi connectivity index (χ3v) is 3.68. The predicted molar refractivity (Wildman–Crippen MR) is 95.9 cm³/mol. The molecule has 7 heteroatoms. The molecule has 0 fully saturated rings. The van der Waals surface area contributed by atoms with Gasteiger partial charge in [-0.3, -0.25) is 0 Å². The maximum absolute atomic E-state index is 12.2. The van der Waals surface area contributed by atoms with E-state index in [1.54, 1.807) is 0 Å². The number of rotatable bonds is 7. The average molecular weight is 371 g/mol. The normalized spacial score (nSPS) is 10.9. The number of carbonyl (C=O) groups is 2. The monoisotopic (exact) mass is 371 g/mol. The van der Waals surface area contributed by atoms with Crippen LogP contribution in [0.3, 0.4) is 0 Å². The van der Waals surface area contributed by atoms with Crippen molar-refractivity contribution in [2.75, 3.05) is 0 Å². The first-order chi connectivity index (χ1) is 12.7. The second-order valence-corrected chi connectivity index (χ2v) is 5.80. The Bertz CT molecular complexity index is 821. The van der Waals surface area contributed by atoms with E-state index in [0.29, 0.717) is 0 Å². The molecule has 0 unspecified atom stereocenters. The van der Waals surface area contributed by atoms with Gasteiger partial charge in [-0.15, -0.1) is 0 Å². The van der Waals surface area contributed by atoms with E-state index in [1.165, 1.54) is 0 Å². The van der Waals surface area contributed by atoms with Crippen LogP contribution in [0.2, 0.25) is 0 Å². The van der Waals surface area contributed by atoms with E-state index in [9.17, 15) is 14.2 Å². The number of ether oxygens (including phenoxy) is 2. The van der Waals surface area contributed by atoms with Gasteiger partial charge >= 0.3 is 152 Å². The molecule has 1 amide bonds. The molecule has 2 aromatic rings. The molecule has 26 heavy (non-hydrogen) atoms. The average Bonchev–Trinajstić information content (AvgIpc) is 2.69. The Morgan fingerprint density at radius 3 is 2.00 bits per heavy atom. The van der Waals surface area contributed by atoms with E-state index in [2.05, 4.69) is 10.9 Å². The van der Waals surface area contributed by atoms with Gasteiger partial charge in [0.1, 0.15) is 0 Å². The molecule has 0 aromatic heterocycles. The zero-order chi connectivity index (χ0) is 18.6. The van der Waals surface area contributed by atoms with Gasteiger partial charge in [0.25, 0.3) is 0 Å². The first-order valence-corrected chi connectivity index (χ1v) is 8.73. The van der Waals surface area contributed by atoms with Crippen molar-refractivity contribution < 1.29 is 23.6 Å². The van der Waals surface area contributed by atoms with E-state index in [4.69, 9.17) is 9.47 Å². The summed E-state index contributed by atoms with van der Waals surface area (Å²) in [6.45, 7) is 0.150. The molecule has 1 atom stereocenters. The minimum absolute atomic E-state index is 0.0564. The Hall–Kier alpha value is -2.81. The van der Waals surface area contributed by atoms with Crippen molar-refractivity contribution in [1.29, 1.82) is 0 Å². The van der Waals surface area contributed by atoms with Gasteiger partial charge in [0.15, 0.2) is 0 Å². The van der Waals surface area contributed by atoms with Crippen LogP contribution >= 0.6 is 7.92 Å². The minimum atomic E-state index is -1.02. The zero-order valence-electron chi connectivity index (χ0n) is 14.0. The standard InChI is InChI=1S/C19H18NO5P/c21-18(24-13-15-7-3-1-4-8-15)17(11-12-26-23)20-19(22)25-14-16-9-5-2-6-10-16/h1-10,17H,11,13-14H2,(H,20,22)/t17-/m0/s1. The molecule has 0 bridgehead atoms. The molecule has 0 radical (unpaired) electrons. The van der Waals surface area contributed by atoms with Crippen LogP contribution in [0.4, 0.5) is 4.79 Å². The molecule has 0 heterocycles. The Labute approximate surface area is 152 Å². The van der Waals surface area contributed by atoms with E-state index in [1.807, 2.05) is 60.7 Å². The third kappa shape index (κ3) is 6.98. The molecule has 0 aliphatic rings. The summed E-state index contributed by atoms with van der Waals surface area (Å²) in [4.78, 5) is 24.1. The number of carbonyl (C=O) groups excluding carboxylic acids is 2. The first kappa shape index (κ1) is 19.5. The maximum atomic E-state index is 12.2. The van der Waals surface area contributed by atoms with Crippen LogP contribution in [0.5, 0.6) is 0 Å². The van der Waals surface area contributed by atoms with E-state index >= 15 is 0 Å². The number of esters is 1. The number of nitrogens with one attached hydrogen (secondary N) is 1. The van der Waals surface area contributed by atoms with Crippen molar-refractivity contribution in [2.45, 2.75) is 25.7 Å². The van der Waals surface area contributed by atoms with Gasteiger partial charge in [0.2, 0.25) is 0 Å². The Morgan fingerprint density at radius 2 is 1.46 bits per heavy atom. The van der Waals surface area contributed by atoms with E-state index in [-0.39, 0.29) is 27.6 Å². The van der Waals surface area contributed by atoms with Gasteiger partial charge in [0.05, 0.1) is 0 Å². The Kier molecular flexibility index (Phi) is 8.20. The van der Waals surface area contributed by atoms with Crippen LogP contribution < -0.4 is 5.32 Å². The molecule has 6 nitrogen and oxygen atoms in total. The number of alkyl carbamates (subject to hydrolysis) is 1. The topological polar surface area (TPSA) is 81.7 Å². The van der Waals surface area contributed by atoms with Crippen LogP contribution in [0, 0.1) is 5.63 Å². The number of benzene rings is 2. The molecule has 1 N–H and O–H groups in total. The SMILES string of the molecule is O=P#CC[C@H](NC(=O)OCc1ccccc1)C(=O)OCc1ccccc1. The molecule has 0 aliphatic heterocycles. The van der Waals surface area contributed by atoms with Crippen LogP contribution in [-0.2, 0) is 32.0 Å². The summed E-state index contributed by atoms with van der Waals surface area (Å²) in [7, 11) is -0.354. The second-order valence-electron chi connectivity index (χ2n) is 5.31. The number of hydrogen-bond acceptors (Lipinski definition) is 5. The van der Waals surface area contributed by atoms with Crippen molar-refractivity contribution in [2.24, 2.45) is 0 Å². The van der Waals surface area contributed by atoms with Crippen molar-refractivity contribution >= 4 is 20.0 Å². The summed E-state index contributed by atoms with van der Waals surface area (Å²) in [5.74, 6) is -0.651. The van der Waals surface area contributed by atoms with Crippen LogP contribution in [0.25, 0.3) is 0 Å². The molecule has 0 aliphatic carbocycles. The van der Waals surface area contributed by atoms with Gasteiger partial charge < -0.3 is 0 Å². The summed E-state index contributed by atoms with van der Waals surface area (Å²) in [6.07, 6.45) is -0.820. The molecule has 0 saturated heterocycles. The van der Waals surface area contributed by atoms with E-state index in [0.717, 1.165) is 11.1 Å². The summed E-state index contributed by atoms with van der Waals surface area (Å²) >= 11 is 0. The fraction of sp³-hybridized carbons (Fsp3) is 0.211. The van der Waals surface area contributed by atoms with Crippen LogP contribution in [-0.4, -0.2) is 18.1 Å². The summed E-state index contributed by atoms with van der Waals surface area (Å²) in [6, 6.07) is 17.3. The molecule has 134 valence electrons. The van der Waals surface area contributed by atoms with Gasteiger partial charge in [-0.25, -0.2) is 0 Å². The fourth-order valence-corrected chi connectivity index (χ4v) is 2.32. The number of hydrogen-bond donors (Lipinski definition) is 1. The van der Waals surface area contributed by atoms with Crippen molar-refractivity contribution in [3.8, 4) is 5.63 Å². The third-order valence-electron chi connectivity index (χ3n) is 3.37. The molecule has 0 spiro atoms. The van der Waals surface area contributed by atoms with Gasteiger partial charge in [-0.1, -0.05) is 0 Å². The van der Waals surface area contributed by atoms with Gasteiger partial charge in [0, 0.05) is 0 Å². The van der Waals surface area contributed by atoms with Gasteiger partial charge in [-0.05, 0) is 0 Å². The molecular weight excluding hydrogens is 353 g/mol. The van der Waals surface area contributed by atoms with Crippen LogP contribution in [0.1, 0.15) is 17.5 Å². The summed E-state index contributed by atoms with van der Waals surface area (Å²) in [5.41, 5.74) is 4.09.